The number of ether oxygens (including phenoxy) is 2. The molecule has 1 aromatic carbocycles. The van der Waals surface area contributed by atoms with E-state index in [4.69, 9.17) is 9.47 Å². The van der Waals surface area contributed by atoms with Gasteiger partial charge in [0.25, 0.3) is 5.91 Å². The molecule has 3 aliphatic heterocycles. The Labute approximate surface area is 226 Å². The van der Waals surface area contributed by atoms with Gasteiger partial charge in [0.15, 0.2) is 5.60 Å². The van der Waals surface area contributed by atoms with Crippen LogP contribution in [0.15, 0.2) is 41.5 Å². The molecule has 0 unspecified atom stereocenters. The second-order valence-corrected chi connectivity index (χ2v) is 15.3. The zero-order valence-corrected chi connectivity index (χ0v) is 24.4. The number of cyclic esters (lactones) is 1. The van der Waals surface area contributed by atoms with Crippen LogP contribution >= 0.6 is 0 Å². The summed E-state index contributed by atoms with van der Waals surface area (Å²) >= 11 is 0. The van der Waals surface area contributed by atoms with Crippen molar-refractivity contribution < 1.29 is 28.3 Å². The van der Waals surface area contributed by atoms with Crippen LogP contribution in [0.3, 0.4) is 0 Å². The Kier molecular flexibility index (Phi) is 8.21. The molecule has 208 valence electrons. The smallest absolute Gasteiger partial charge is 0.414 e. The van der Waals surface area contributed by atoms with Crippen LogP contribution in [-0.2, 0) is 19.9 Å². The number of fused-ring (bicyclic) bond motifs is 2. The van der Waals surface area contributed by atoms with Crippen LogP contribution in [0, 0.1) is 5.92 Å². The van der Waals surface area contributed by atoms with Crippen molar-refractivity contribution in [3.63, 3.8) is 0 Å². The van der Waals surface area contributed by atoms with Gasteiger partial charge in [0, 0.05) is 35.9 Å². The van der Waals surface area contributed by atoms with Gasteiger partial charge in [-0.05, 0) is 71.3 Å². The fourth-order valence-corrected chi connectivity index (χ4v) is 8.89. The number of nitrogens with zero attached hydrogens (tertiary/aromatic N) is 2. The molecule has 9 heteroatoms. The average Bonchev–Trinajstić information content (AvgIpc) is 3.46. The maximum atomic E-state index is 15.7. The van der Waals surface area contributed by atoms with Gasteiger partial charge in [-0.15, -0.1) is 0 Å². The second kappa shape index (κ2) is 10.9. The summed E-state index contributed by atoms with van der Waals surface area (Å²) in [5.41, 5.74) is 2.62. The summed E-state index contributed by atoms with van der Waals surface area (Å²) in [6.07, 6.45) is 5.38. The van der Waals surface area contributed by atoms with Gasteiger partial charge in [-0.25, -0.2) is 4.79 Å². The molecular weight excluding hydrogens is 503 g/mol. The van der Waals surface area contributed by atoms with Gasteiger partial charge in [0.05, 0.1) is 18.3 Å². The quantitative estimate of drug-likeness (QED) is 0.240. The molecule has 4 rings (SSSR count). The highest BCUT2D eigenvalue weighted by atomic mass is 28.4. The Morgan fingerprint density at radius 3 is 2.58 bits per heavy atom. The molecule has 0 aromatic heterocycles. The van der Waals surface area contributed by atoms with Gasteiger partial charge >= 0.3 is 6.09 Å². The van der Waals surface area contributed by atoms with Crippen LogP contribution < -0.4 is 9.80 Å². The average molecular weight is 545 g/mol. The van der Waals surface area contributed by atoms with E-state index >= 15 is 4.11 Å². The molecular formula is C29H41FN2O5Si. The third-order valence-electron chi connectivity index (χ3n) is 8.14. The molecule has 3 heterocycles. The number of amides is 2. The number of benzene rings is 1. The van der Waals surface area contributed by atoms with E-state index in [9.17, 15) is 14.7 Å². The Balaban J connectivity index is 1.76. The van der Waals surface area contributed by atoms with Crippen LogP contribution in [0.4, 0.5) is 20.3 Å². The first kappa shape index (κ1) is 28.5. The number of hydrogen-bond acceptors (Lipinski definition) is 5. The highest BCUT2D eigenvalue weighted by Gasteiger charge is 2.66. The Hall–Kier alpha value is -2.49. The van der Waals surface area contributed by atoms with Gasteiger partial charge < -0.3 is 23.6 Å². The lowest BCUT2D eigenvalue weighted by atomic mass is 9.82. The van der Waals surface area contributed by atoms with Crippen molar-refractivity contribution in [1.82, 2.24) is 0 Å². The van der Waals surface area contributed by atoms with Gasteiger partial charge in [0.2, 0.25) is 8.41 Å². The molecule has 2 amide bonds. The van der Waals surface area contributed by atoms with Gasteiger partial charge in [-0.1, -0.05) is 30.2 Å². The van der Waals surface area contributed by atoms with E-state index in [0.717, 1.165) is 12.8 Å². The van der Waals surface area contributed by atoms with Crippen molar-refractivity contribution in [3.8, 4) is 0 Å². The number of hydrogen-bond donors (Lipinski definition) is 1. The van der Waals surface area contributed by atoms with Gasteiger partial charge in [-0.2, -0.15) is 0 Å². The zero-order chi connectivity index (χ0) is 27.8. The fraction of sp³-hybridized carbons (Fsp3) is 0.586. The van der Waals surface area contributed by atoms with Crippen molar-refractivity contribution >= 4 is 31.8 Å². The summed E-state index contributed by atoms with van der Waals surface area (Å²) in [5, 5.41) is 9.76. The van der Waals surface area contributed by atoms with Crippen molar-refractivity contribution in [2.75, 3.05) is 36.1 Å². The van der Waals surface area contributed by atoms with E-state index in [1.165, 1.54) is 11.1 Å². The molecule has 4 atom stereocenters. The summed E-state index contributed by atoms with van der Waals surface area (Å²) in [5.74, 6) is -0.649. The lowest BCUT2D eigenvalue weighted by molar-refractivity contribution is -0.146. The van der Waals surface area contributed by atoms with E-state index in [0.29, 0.717) is 36.6 Å². The minimum atomic E-state index is -3.27. The number of anilines is 2. The Morgan fingerprint density at radius 1 is 1.24 bits per heavy atom. The van der Waals surface area contributed by atoms with Crippen molar-refractivity contribution in [1.29, 1.82) is 0 Å². The van der Waals surface area contributed by atoms with Crippen molar-refractivity contribution in [2.24, 2.45) is 5.92 Å². The lowest BCUT2D eigenvalue weighted by Gasteiger charge is -2.31. The number of aliphatic hydroxyl groups excluding tert-OH is 1. The molecule has 0 aliphatic carbocycles. The standard InChI is InChI=1S/C29H41FN2O5Si/c1-19(2)8-7-9-20(3)12-14-32-24-11-10-22(31-15-17-36-28(31)35)18-23(24)29(27(32)34)21(4)26(38(5,6)30)25(37-29)13-16-33/h8,10-12,18,21,25-26,33H,7,9,13-17H2,1-6H3/b20-12+/t21-,25+,26-,29+/m0/s1. The maximum Gasteiger partial charge on any atom is 0.414 e. The minimum absolute atomic E-state index is 0.146. The van der Waals surface area contributed by atoms with Crippen molar-refractivity contribution in [2.45, 2.75) is 77.3 Å². The summed E-state index contributed by atoms with van der Waals surface area (Å²) in [6.45, 7) is 12.4. The molecule has 0 radical (unpaired) electrons. The minimum Gasteiger partial charge on any atom is -0.447 e. The van der Waals surface area contributed by atoms with Gasteiger partial charge in [0.1, 0.15) is 6.61 Å². The maximum absolute atomic E-state index is 15.7. The molecule has 1 N–H and O–H groups in total. The molecule has 2 saturated heterocycles. The highest BCUT2D eigenvalue weighted by molar-refractivity contribution is 6.72. The monoisotopic (exact) mass is 544 g/mol. The Bertz CT molecular complexity index is 1140. The molecule has 1 aromatic rings. The molecule has 7 nitrogen and oxygen atoms in total. The predicted molar refractivity (Wildman–Crippen MR) is 150 cm³/mol. The summed E-state index contributed by atoms with van der Waals surface area (Å²) in [6, 6.07) is 5.52. The summed E-state index contributed by atoms with van der Waals surface area (Å²) in [4.78, 5) is 29.9. The second-order valence-electron chi connectivity index (χ2n) is 11.5. The third kappa shape index (κ3) is 5.08. The predicted octanol–water partition coefficient (Wildman–Crippen LogP) is 5.84. The largest absolute Gasteiger partial charge is 0.447 e. The molecule has 1 spiro atoms. The molecule has 38 heavy (non-hydrogen) atoms. The van der Waals surface area contributed by atoms with E-state index in [2.05, 4.69) is 32.9 Å². The first-order valence-electron chi connectivity index (χ1n) is 13.6. The van der Waals surface area contributed by atoms with Crippen LogP contribution in [0.25, 0.3) is 0 Å². The highest BCUT2D eigenvalue weighted by Crippen LogP contribution is 2.60. The molecule has 2 fully saturated rings. The third-order valence-corrected chi connectivity index (χ3v) is 10.6. The van der Waals surface area contributed by atoms with E-state index in [1.807, 2.05) is 25.1 Å². The zero-order valence-electron chi connectivity index (χ0n) is 23.4. The van der Waals surface area contributed by atoms with Crippen molar-refractivity contribution in [3.05, 3.63) is 47.1 Å². The first-order chi connectivity index (χ1) is 17.9. The van der Waals surface area contributed by atoms with E-state index in [-0.39, 0.29) is 18.9 Å². The van der Waals surface area contributed by atoms with Crippen LogP contribution in [0.2, 0.25) is 18.6 Å². The van der Waals surface area contributed by atoms with E-state index in [1.54, 1.807) is 22.9 Å². The number of rotatable bonds is 9. The number of carbonyl (C=O) groups excluding carboxylic acids is 2. The molecule has 3 aliphatic rings. The number of allylic oxidation sites excluding steroid dienone is 3. The van der Waals surface area contributed by atoms with Crippen LogP contribution in [0.1, 0.15) is 52.5 Å². The van der Waals surface area contributed by atoms with Crippen LogP contribution in [0.5, 0.6) is 0 Å². The first-order valence-corrected chi connectivity index (χ1v) is 16.5. The number of halogens is 1. The fourth-order valence-electron chi connectivity index (χ4n) is 6.35. The Morgan fingerprint density at radius 2 is 1.97 bits per heavy atom. The van der Waals surface area contributed by atoms with Gasteiger partial charge in [-0.3, -0.25) is 9.69 Å². The lowest BCUT2D eigenvalue weighted by Crippen LogP contribution is -2.45. The number of carbonyl (C=O) groups is 2. The summed E-state index contributed by atoms with van der Waals surface area (Å²) < 4.78 is 27.5. The molecule has 0 saturated carbocycles. The summed E-state index contributed by atoms with van der Waals surface area (Å²) in [7, 11) is -3.27. The normalized spacial score (nSPS) is 27.4. The van der Waals surface area contributed by atoms with E-state index < -0.39 is 37.7 Å². The van der Waals surface area contributed by atoms with Crippen LogP contribution in [-0.4, -0.2) is 57.9 Å². The topological polar surface area (TPSA) is 79.3 Å². The SMILES string of the molecule is CC(C)=CCC/C(C)=C/CN1C(=O)[C@]2(O[C@H](CCO)[C@@H]([Si](C)(C)F)[C@@H]2C)c2cc(N3CCOC3=O)ccc21. The molecule has 0 bridgehead atoms. The number of aliphatic hydroxyl groups is 1.